The second-order valence-corrected chi connectivity index (χ2v) is 7.00. The van der Waals surface area contributed by atoms with Gasteiger partial charge in [-0.15, -0.1) is 0 Å². The second kappa shape index (κ2) is 8.00. The van der Waals surface area contributed by atoms with Crippen LogP contribution in [-0.4, -0.2) is 54.5 Å². The van der Waals surface area contributed by atoms with Crippen LogP contribution in [0.2, 0.25) is 0 Å². The van der Waals surface area contributed by atoms with Crippen molar-refractivity contribution in [1.82, 2.24) is 0 Å². The fourth-order valence-corrected chi connectivity index (χ4v) is 4.34. The van der Waals surface area contributed by atoms with Crippen molar-refractivity contribution >= 4 is 0 Å². The summed E-state index contributed by atoms with van der Waals surface area (Å²) in [6, 6.07) is 7.99. The summed E-state index contributed by atoms with van der Waals surface area (Å²) in [5, 5.41) is 0. The van der Waals surface area contributed by atoms with Crippen molar-refractivity contribution in [2.45, 2.75) is 24.5 Å². The molecule has 1 aliphatic carbocycles. The maximum Gasteiger partial charge on any atom is 0.203 e. The van der Waals surface area contributed by atoms with Crippen LogP contribution in [0.4, 0.5) is 0 Å². The Bertz CT molecular complexity index is 870. The van der Waals surface area contributed by atoms with Crippen molar-refractivity contribution in [3.05, 3.63) is 41.0 Å². The molecule has 156 valence electrons. The number of methoxy groups -OCH3 is 5. The van der Waals surface area contributed by atoms with Gasteiger partial charge in [-0.05, 0) is 41.0 Å². The van der Waals surface area contributed by atoms with Crippen LogP contribution in [0.5, 0.6) is 28.7 Å². The van der Waals surface area contributed by atoms with E-state index in [4.69, 9.17) is 33.2 Å². The molecule has 1 aliphatic heterocycles. The monoisotopic (exact) mass is 402 g/mol. The van der Waals surface area contributed by atoms with Gasteiger partial charge in [-0.3, -0.25) is 0 Å². The van der Waals surface area contributed by atoms with E-state index in [0.29, 0.717) is 28.7 Å². The first-order valence-corrected chi connectivity index (χ1v) is 9.43. The molecule has 2 aromatic carbocycles. The molecule has 3 atom stereocenters. The molecule has 2 aromatic rings. The molecule has 0 bridgehead atoms. The van der Waals surface area contributed by atoms with Crippen molar-refractivity contribution in [2.75, 3.05) is 42.3 Å². The molecule has 2 aliphatic rings. The van der Waals surface area contributed by atoms with Gasteiger partial charge in [0.2, 0.25) is 5.75 Å². The Kier molecular flexibility index (Phi) is 5.43. The zero-order valence-electron chi connectivity index (χ0n) is 17.3. The Balaban J connectivity index is 1.91. The van der Waals surface area contributed by atoms with Crippen molar-refractivity contribution in [1.29, 1.82) is 0 Å². The fourth-order valence-electron chi connectivity index (χ4n) is 4.34. The highest BCUT2D eigenvalue weighted by Crippen LogP contribution is 2.48. The molecule has 4 rings (SSSR count). The van der Waals surface area contributed by atoms with Crippen molar-refractivity contribution in [3.63, 3.8) is 0 Å². The molecule has 0 amide bonds. The van der Waals surface area contributed by atoms with E-state index >= 15 is 0 Å². The lowest BCUT2D eigenvalue weighted by molar-refractivity contribution is 0.0378. The summed E-state index contributed by atoms with van der Waals surface area (Å²) in [6.45, 7) is 0.276. The van der Waals surface area contributed by atoms with Crippen molar-refractivity contribution < 1.29 is 33.2 Å². The lowest BCUT2D eigenvalue weighted by Crippen LogP contribution is -2.37. The van der Waals surface area contributed by atoms with Gasteiger partial charge in [0.05, 0.1) is 47.8 Å². The zero-order valence-corrected chi connectivity index (χ0v) is 17.3. The summed E-state index contributed by atoms with van der Waals surface area (Å²) in [6.07, 6.45) is 0.592. The summed E-state index contributed by atoms with van der Waals surface area (Å²) in [4.78, 5) is 0. The van der Waals surface area contributed by atoms with Crippen molar-refractivity contribution in [2.24, 2.45) is 0 Å². The first-order chi connectivity index (χ1) is 14.1. The maximum atomic E-state index is 6.01. The van der Waals surface area contributed by atoms with Gasteiger partial charge in [0.25, 0.3) is 0 Å². The van der Waals surface area contributed by atoms with E-state index in [0.717, 1.165) is 23.1 Å². The predicted octanol–water partition coefficient (Wildman–Crippen LogP) is 3.16. The van der Waals surface area contributed by atoms with Crippen LogP contribution in [0, 0.1) is 0 Å². The van der Waals surface area contributed by atoms with E-state index in [9.17, 15) is 0 Å². The molecular formula is C22H26O7. The third-order valence-corrected chi connectivity index (χ3v) is 5.69. The van der Waals surface area contributed by atoms with Crippen molar-refractivity contribution in [3.8, 4) is 28.7 Å². The van der Waals surface area contributed by atoms with Gasteiger partial charge < -0.3 is 33.2 Å². The van der Waals surface area contributed by atoms with E-state index in [1.165, 1.54) is 0 Å². The van der Waals surface area contributed by atoms with Crippen LogP contribution in [0.1, 0.15) is 22.6 Å². The van der Waals surface area contributed by atoms with Crippen LogP contribution in [0.3, 0.4) is 0 Å². The maximum absolute atomic E-state index is 6.01. The van der Waals surface area contributed by atoms with Gasteiger partial charge in [0, 0.05) is 12.3 Å². The topological polar surface area (TPSA) is 64.6 Å². The number of ether oxygens (including phenoxy) is 7. The molecule has 7 heteroatoms. The minimum Gasteiger partial charge on any atom is -0.493 e. The fraction of sp³-hybridized carbons (Fsp3) is 0.455. The smallest absolute Gasteiger partial charge is 0.203 e. The SMILES string of the molecule is COc1cc2c(cc1OC)C(c1cc(OC)c(OC)c(OC)c1)C1OCOC1C2. The average molecular weight is 402 g/mol. The van der Waals surface area contributed by atoms with Crippen LogP contribution in [-0.2, 0) is 15.9 Å². The number of hydrogen-bond acceptors (Lipinski definition) is 7. The van der Waals surface area contributed by atoms with Crippen LogP contribution >= 0.6 is 0 Å². The lowest BCUT2D eigenvalue weighted by Gasteiger charge is -2.35. The molecule has 0 aromatic heterocycles. The molecule has 1 saturated heterocycles. The summed E-state index contributed by atoms with van der Waals surface area (Å²) >= 11 is 0. The summed E-state index contributed by atoms with van der Waals surface area (Å²) in [7, 11) is 8.10. The standard InChI is InChI=1S/C22H26O7/c1-23-15-6-12-7-19-22(29-11-28-19)20(14(12)10-16(15)24-2)13-8-17(25-3)21(27-5)18(9-13)26-4/h6,8-10,19-20,22H,7,11H2,1-5H3. The molecule has 0 N–H and O–H groups in total. The molecule has 3 unspecified atom stereocenters. The molecular weight excluding hydrogens is 376 g/mol. The normalized spacial score (nSPS) is 22.4. The zero-order chi connectivity index (χ0) is 20.5. The largest absolute Gasteiger partial charge is 0.493 e. The highest BCUT2D eigenvalue weighted by molar-refractivity contribution is 5.58. The molecule has 29 heavy (non-hydrogen) atoms. The number of hydrogen-bond donors (Lipinski definition) is 0. The van der Waals surface area contributed by atoms with Gasteiger partial charge in [0.15, 0.2) is 23.0 Å². The van der Waals surface area contributed by atoms with E-state index in [1.807, 2.05) is 24.3 Å². The van der Waals surface area contributed by atoms with Crippen LogP contribution < -0.4 is 23.7 Å². The van der Waals surface area contributed by atoms with Crippen LogP contribution in [0.15, 0.2) is 24.3 Å². The summed E-state index contributed by atoms with van der Waals surface area (Å²) < 4.78 is 39.6. The Morgan fingerprint density at radius 1 is 0.724 bits per heavy atom. The Morgan fingerprint density at radius 2 is 1.34 bits per heavy atom. The van der Waals surface area contributed by atoms with E-state index in [2.05, 4.69) is 0 Å². The molecule has 1 fully saturated rings. The lowest BCUT2D eigenvalue weighted by atomic mass is 9.75. The third kappa shape index (κ3) is 3.24. The van der Waals surface area contributed by atoms with E-state index < -0.39 is 0 Å². The number of fused-ring (bicyclic) bond motifs is 2. The van der Waals surface area contributed by atoms with Gasteiger partial charge >= 0.3 is 0 Å². The third-order valence-electron chi connectivity index (χ3n) is 5.69. The Morgan fingerprint density at radius 3 is 1.93 bits per heavy atom. The van der Waals surface area contributed by atoms with Gasteiger partial charge in [-0.1, -0.05) is 0 Å². The number of benzene rings is 2. The minimum atomic E-state index is -0.122. The quantitative estimate of drug-likeness (QED) is 0.735. The first-order valence-electron chi connectivity index (χ1n) is 9.43. The number of rotatable bonds is 6. The average Bonchev–Trinajstić information content (AvgIpc) is 3.23. The Labute approximate surface area is 170 Å². The molecule has 7 nitrogen and oxygen atoms in total. The summed E-state index contributed by atoms with van der Waals surface area (Å²) in [5.41, 5.74) is 3.25. The van der Waals surface area contributed by atoms with Crippen LogP contribution in [0.25, 0.3) is 0 Å². The first kappa shape index (κ1) is 19.7. The second-order valence-electron chi connectivity index (χ2n) is 7.00. The molecule has 0 radical (unpaired) electrons. The summed E-state index contributed by atoms with van der Waals surface area (Å²) in [5.74, 6) is 3.06. The van der Waals surface area contributed by atoms with E-state index in [-0.39, 0.29) is 24.9 Å². The molecule has 0 saturated carbocycles. The highest BCUT2D eigenvalue weighted by atomic mass is 16.7. The van der Waals surface area contributed by atoms with E-state index in [1.54, 1.807) is 35.5 Å². The molecule has 0 spiro atoms. The highest BCUT2D eigenvalue weighted by Gasteiger charge is 2.43. The van der Waals surface area contributed by atoms with Gasteiger partial charge in [-0.2, -0.15) is 0 Å². The Hall–Kier alpha value is -2.64. The van der Waals surface area contributed by atoms with Gasteiger partial charge in [0.1, 0.15) is 6.79 Å². The predicted molar refractivity (Wildman–Crippen MR) is 106 cm³/mol. The molecule has 1 heterocycles. The minimum absolute atomic E-state index is 0.0373. The van der Waals surface area contributed by atoms with Gasteiger partial charge in [-0.25, -0.2) is 0 Å².